The van der Waals surface area contributed by atoms with Gasteiger partial charge in [0.25, 0.3) is 5.91 Å². The Balaban J connectivity index is 1.36. The van der Waals surface area contributed by atoms with Crippen molar-refractivity contribution in [2.75, 3.05) is 0 Å². The number of amides is 3. The molecule has 0 unspecified atom stereocenters. The summed E-state index contributed by atoms with van der Waals surface area (Å²) in [6.07, 6.45) is 8.09. The van der Waals surface area contributed by atoms with Crippen LogP contribution in [-0.4, -0.2) is 47.8 Å². The van der Waals surface area contributed by atoms with Crippen molar-refractivity contribution in [3.8, 4) is 22.4 Å². The highest BCUT2D eigenvalue weighted by molar-refractivity contribution is 6.05. The Bertz CT molecular complexity index is 1470. The van der Waals surface area contributed by atoms with Crippen molar-refractivity contribution in [3.05, 3.63) is 66.2 Å². The summed E-state index contributed by atoms with van der Waals surface area (Å²) in [7, 11) is 1.90. The zero-order valence-corrected chi connectivity index (χ0v) is 17.9. The number of imide groups is 1. The van der Waals surface area contributed by atoms with E-state index in [0.29, 0.717) is 18.5 Å². The van der Waals surface area contributed by atoms with Crippen molar-refractivity contribution in [3.63, 3.8) is 0 Å². The van der Waals surface area contributed by atoms with Gasteiger partial charge in [-0.1, -0.05) is 6.07 Å². The van der Waals surface area contributed by atoms with Gasteiger partial charge in [0.05, 0.1) is 11.9 Å². The van der Waals surface area contributed by atoms with Crippen LogP contribution in [0.3, 0.4) is 0 Å². The van der Waals surface area contributed by atoms with Gasteiger partial charge in [-0.3, -0.25) is 24.4 Å². The maximum Gasteiger partial charge on any atom is 0.255 e. The van der Waals surface area contributed by atoms with Gasteiger partial charge >= 0.3 is 0 Å². The largest absolute Gasteiger partial charge is 0.322 e. The monoisotopic (exact) mass is 440 g/mol. The van der Waals surface area contributed by atoms with Crippen LogP contribution < -0.4 is 5.32 Å². The molecule has 9 heteroatoms. The third-order valence-electron chi connectivity index (χ3n) is 6.44. The lowest BCUT2D eigenvalue weighted by molar-refractivity contribution is -0.136. The van der Waals surface area contributed by atoms with E-state index in [9.17, 15) is 14.4 Å². The molecule has 4 aromatic rings. The van der Waals surface area contributed by atoms with E-state index in [1.165, 1.54) is 0 Å². The molecule has 2 aliphatic heterocycles. The van der Waals surface area contributed by atoms with Crippen molar-refractivity contribution in [1.29, 1.82) is 0 Å². The normalized spacial score (nSPS) is 18.2. The van der Waals surface area contributed by atoms with Gasteiger partial charge in [0.1, 0.15) is 11.7 Å². The van der Waals surface area contributed by atoms with Crippen LogP contribution in [0.5, 0.6) is 0 Å². The van der Waals surface area contributed by atoms with Crippen LogP contribution >= 0.6 is 0 Å². The van der Waals surface area contributed by atoms with E-state index in [4.69, 9.17) is 0 Å². The van der Waals surface area contributed by atoms with E-state index in [2.05, 4.69) is 15.4 Å². The second-order valence-corrected chi connectivity index (χ2v) is 8.41. The summed E-state index contributed by atoms with van der Waals surface area (Å²) in [5.74, 6) is -0.874. The highest BCUT2D eigenvalue weighted by Gasteiger charge is 2.39. The number of pyridine rings is 1. The minimum Gasteiger partial charge on any atom is -0.322 e. The lowest BCUT2D eigenvalue weighted by Gasteiger charge is -2.29. The number of benzene rings is 1. The summed E-state index contributed by atoms with van der Waals surface area (Å²) in [5.41, 5.74) is 6.17. The van der Waals surface area contributed by atoms with Crippen LogP contribution in [0.4, 0.5) is 0 Å². The van der Waals surface area contributed by atoms with E-state index in [0.717, 1.165) is 33.6 Å². The SMILES string of the molecule is Cn1ncc(-c2ccc3c(c2)CN([C@H]2CCC(=O)NC2=O)C3=O)c1-c1ccc2nccn2c1. The highest BCUT2D eigenvalue weighted by Crippen LogP contribution is 2.35. The minimum atomic E-state index is -0.623. The van der Waals surface area contributed by atoms with Gasteiger partial charge in [0.15, 0.2) is 0 Å². The number of aromatic nitrogens is 4. The van der Waals surface area contributed by atoms with Gasteiger partial charge in [0.2, 0.25) is 11.8 Å². The molecule has 0 saturated carbocycles. The third-order valence-corrected chi connectivity index (χ3v) is 6.44. The third kappa shape index (κ3) is 3.04. The molecule has 3 amide bonds. The fourth-order valence-corrected chi connectivity index (χ4v) is 4.79. The van der Waals surface area contributed by atoms with Crippen LogP contribution in [0.15, 0.2) is 55.1 Å². The molecule has 1 N–H and O–H groups in total. The van der Waals surface area contributed by atoms with Crippen LogP contribution in [0.2, 0.25) is 0 Å². The van der Waals surface area contributed by atoms with E-state index >= 15 is 0 Å². The van der Waals surface area contributed by atoms with E-state index in [-0.39, 0.29) is 18.2 Å². The molecular weight excluding hydrogens is 420 g/mol. The highest BCUT2D eigenvalue weighted by atomic mass is 16.2. The first-order valence-electron chi connectivity index (χ1n) is 10.7. The topological polar surface area (TPSA) is 102 Å². The molecule has 1 saturated heterocycles. The molecule has 1 aromatic carbocycles. The Labute approximate surface area is 188 Å². The first-order chi connectivity index (χ1) is 16.0. The molecule has 1 atom stereocenters. The van der Waals surface area contributed by atoms with Crippen molar-refractivity contribution in [2.24, 2.45) is 7.05 Å². The van der Waals surface area contributed by atoms with E-state index in [1.807, 2.05) is 65.1 Å². The molecule has 1 fully saturated rings. The van der Waals surface area contributed by atoms with E-state index in [1.54, 1.807) is 11.1 Å². The molecule has 0 aliphatic carbocycles. The Hall–Kier alpha value is -4.27. The lowest BCUT2D eigenvalue weighted by atomic mass is 9.98. The van der Waals surface area contributed by atoms with Crippen LogP contribution in [0.1, 0.15) is 28.8 Å². The fraction of sp³-hybridized carbons (Fsp3) is 0.208. The Morgan fingerprint density at radius 1 is 1.06 bits per heavy atom. The van der Waals surface area contributed by atoms with Gasteiger partial charge in [0, 0.05) is 55.3 Å². The number of hydrogen-bond donors (Lipinski definition) is 1. The van der Waals surface area contributed by atoms with Crippen molar-refractivity contribution >= 4 is 23.4 Å². The maximum atomic E-state index is 13.0. The van der Waals surface area contributed by atoms with Gasteiger partial charge in [-0.15, -0.1) is 0 Å². The predicted molar refractivity (Wildman–Crippen MR) is 119 cm³/mol. The molecule has 6 rings (SSSR count). The summed E-state index contributed by atoms with van der Waals surface area (Å²) < 4.78 is 3.80. The Morgan fingerprint density at radius 3 is 2.76 bits per heavy atom. The predicted octanol–water partition coefficient (Wildman–Crippen LogP) is 2.16. The first kappa shape index (κ1) is 19.4. The molecule has 2 aliphatic rings. The standard InChI is InChI=1S/C24H20N6O3/c1-28-22(15-3-6-20-25-8-9-29(20)12-15)18(11-26-28)14-2-4-17-16(10-14)13-30(24(17)33)19-5-7-21(31)27-23(19)32/h2-4,6,8-12,19H,5,7,13H2,1H3,(H,27,31,32)/t19-/m0/s1. The van der Waals surface area contributed by atoms with Crippen LogP contribution in [0, 0.1) is 0 Å². The van der Waals surface area contributed by atoms with Crippen molar-refractivity contribution in [2.45, 2.75) is 25.4 Å². The van der Waals surface area contributed by atoms with Gasteiger partial charge in [-0.05, 0) is 41.8 Å². The summed E-state index contributed by atoms with van der Waals surface area (Å²) in [4.78, 5) is 42.7. The number of hydrogen-bond acceptors (Lipinski definition) is 5. The number of imidazole rings is 1. The minimum absolute atomic E-state index is 0.178. The maximum absolute atomic E-state index is 13.0. The average Bonchev–Trinajstić information content (AvgIpc) is 3.50. The summed E-state index contributed by atoms with van der Waals surface area (Å²) in [6, 6.07) is 9.09. The van der Waals surface area contributed by atoms with Gasteiger partial charge in [-0.2, -0.15) is 5.10 Å². The molecule has 9 nitrogen and oxygen atoms in total. The summed E-state index contributed by atoms with van der Waals surface area (Å²) >= 11 is 0. The van der Waals surface area contributed by atoms with Crippen LogP contribution in [-0.2, 0) is 23.2 Å². The second kappa shape index (κ2) is 7.13. The molecular formula is C24H20N6O3. The molecule has 0 spiro atoms. The number of aryl methyl sites for hydroxylation is 1. The van der Waals surface area contributed by atoms with Crippen LogP contribution in [0.25, 0.3) is 28.0 Å². The van der Waals surface area contributed by atoms with Crippen molar-refractivity contribution in [1.82, 2.24) is 29.4 Å². The zero-order chi connectivity index (χ0) is 22.7. The summed E-state index contributed by atoms with van der Waals surface area (Å²) in [5, 5.41) is 6.82. The number of piperidine rings is 1. The molecule has 3 aromatic heterocycles. The van der Waals surface area contributed by atoms with Gasteiger partial charge in [-0.25, -0.2) is 4.98 Å². The number of rotatable bonds is 3. The number of nitrogens with zero attached hydrogens (tertiary/aromatic N) is 5. The first-order valence-corrected chi connectivity index (χ1v) is 10.7. The second-order valence-electron chi connectivity index (χ2n) is 8.41. The number of carbonyl (C=O) groups is 3. The zero-order valence-electron chi connectivity index (χ0n) is 17.9. The lowest BCUT2D eigenvalue weighted by Crippen LogP contribution is -2.52. The average molecular weight is 440 g/mol. The fourth-order valence-electron chi connectivity index (χ4n) is 4.79. The Morgan fingerprint density at radius 2 is 1.91 bits per heavy atom. The molecule has 5 heterocycles. The Kier molecular flexibility index (Phi) is 4.19. The molecule has 33 heavy (non-hydrogen) atoms. The number of fused-ring (bicyclic) bond motifs is 2. The summed E-state index contributed by atoms with van der Waals surface area (Å²) in [6.45, 7) is 0.338. The van der Waals surface area contributed by atoms with Crippen molar-refractivity contribution < 1.29 is 14.4 Å². The van der Waals surface area contributed by atoms with Gasteiger partial charge < -0.3 is 9.30 Å². The van der Waals surface area contributed by atoms with E-state index < -0.39 is 11.9 Å². The molecule has 0 bridgehead atoms. The number of nitrogens with one attached hydrogen (secondary N) is 1. The molecule has 0 radical (unpaired) electrons. The smallest absolute Gasteiger partial charge is 0.255 e. The molecule has 164 valence electrons. The quantitative estimate of drug-likeness (QED) is 0.492. The number of carbonyl (C=O) groups excluding carboxylic acids is 3.